The van der Waals surface area contributed by atoms with Crippen LogP contribution in [0.4, 0.5) is 4.39 Å². The summed E-state index contributed by atoms with van der Waals surface area (Å²) < 4.78 is 13.4. The molecule has 2 atom stereocenters. The molecule has 1 aromatic rings. The van der Waals surface area contributed by atoms with Crippen molar-refractivity contribution >= 4 is 11.6 Å². The van der Waals surface area contributed by atoms with E-state index in [1.807, 2.05) is 6.07 Å². The van der Waals surface area contributed by atoms with Gasteiger partial charge in [-0.3, -0.25) is 4.90 Å². The lowest BCUT2D eigenvalue weighted by molar-refractivity contribution is 0.133. The summed E-state index contributed by atoms with van der Waals surface area (Å²) in [5.74, 6) is 0.387. The van der Waals surface area contributed by atoms with E-state index in [4.69, 9.17) is 17.3 Å². The van der Waals surface area contributed by atoms with Crippen LogP contribution < -0.4 is 5.73 Å². The summed E-state index contributed by atoms with van der Waals surface area (Å²) in [6, 6.07) is 4.77. The van der Waals surface area contributed by atoms with E-state index in [9.17, 15) is 4.39 Å². The SMILES string of the molecule is CC1CCCN(C(CN)c2cc(F)cc(Cl)c2)C1. The Kier molecular flexibility index (Phi) is 4.60. The molecule has 1 aliphatic heterocycles. The van der Waals surface area contributed by atoms with Crippen LogP contribution in [0.15, 0.2) is 18.2 Å². The first kappa shape index (κ1) is 13.8. The highest BCUT2D eigenvalue weighted by Gasteiger charge is 2.24. The van der Waals surface area contributed by atoms with Gasteiger partial charge in [0.1, 0.15) is 5.82 Å². The largest absolute Gasteiger partial charge is 0.329 e. The smallest absolute Gasteiger partial charge is 0.125 e. The third-order valence-electron chi connectivity index (χ3n) is 3.62. The zero-order chi connectivity index (χ0) is 13.1. The topological polar surface area (TPSA) is 29.3 Å². The van der Waals surface area contributed by atoms with Gasteiger partial charge in [0.2, 0.25) is 0 Å². The number of halogens is 2. The number of rotatable bonds is 3. The van der Waals surface area contributed by atoms with Crippen LogP contribution in [0.2, 0.25) is 5.02 Å². The monoisotopic (exact) mass is 270 g/mol. The van der Waals surface area contributed by atoms with E-state index in [0.29, 0.717) is 17.5 Å². The van der Waals surface area contributed by atoms with Crippen molar-refractivity contribution in [3.63, 3.8) is 0 Å². The number of benzene rings is 1. The van der Waals surface area contributed by atoms with E-state index in [2.05, 4.69) is 11.8 Å². The second-order valence-corrected chi connectivity index (χ2v) is 5.63. The Hall–Kier alpha value is -0.640. The number of nitrogens with zero attached hydrogens (tertiary/aromatic N) is 1. The number of hydrogen-bond donors (Lipinski definition) is 1. The van der Waals surface area contributed by atoms with Crippen LogP contribution in [0.5, 0.6) is 0 Å². The van der Waals surface area contributed by atoms with Crippen molar-refractivity contribution in [1.29, 1.82) is 0 Å². The second-order valence-electron chi connectivity index (χ2n) is 5.20. The molecule has 0 bridgehead atoms. The Bertz CT molecular complexity index is 391. The fourth-order valence-corrected chi connectivity index (χ4v) is 3.00. The molecule has 1 aliphatic rings. The van der Waals surface area contributed by atoms with Crippen molar-refractivity contribution in [1.82, 2.24) is 4.90 Å². The van der Waals surface area contributed by atoms with E-state index in [1.165, 1.54) is 18.9 Å². The first-order chi connectivity index (χ1) is 8.60. The fraction of sp³-hybridized carbons (Fsp3) is 0.571. The van der Waals surface area contributed by atoms with Gasteiger partial charge in [-0.15, -0.1) is 0 Å². The Labute approximate surface area is 113 Å². The van der Waals surface area contributed by atoms with E-state index < -0.39 is 0 Å². The van der Waals surface area contributed by atoms with Gasteiger partial charge in [0.25, 0.3) is 0 Å². The minimum Gasteiger partial charge on any atom is -0.329 e. The van der Waals surface area contributed by atoms with Gasteiger partial charge in [0, 0.05) is 24.2 Å². The number of likely N-dealkylation sites (tertiary alicyclic amines) is 1. The van der Waals surface area contributed by atoms with E-state index in [1.54, 1.807) is 6.07 Å². The van der Waals surface area contributed by atoms with Crippen molar-refractivity contribution in [2.45, 2.75) is 25.8 Å². The molecule has 0 amide bonds. The van der Waals surface area contributed by atoms with Crippen LogP contribution in [0.1, 0.15) is 31.4 Å². The predicted molar refractivity (Wildman–Crippen MR) is 73.2 cm³/mol. The highest BCUT2D eigenvalue weighted by molar-refractivity contribution is 6.30. The molecule has 0 saturated carbocycles. The standard InChI is InChI=1S/C14H20ClFN2/c1-10-3-2-4-18(9-10)14(8-17)11-5-12(15)7-13(16)6-11/h5-7,10,14H,2-4,8-9,17H2,1H3. The molecule has 1 fully saturated rings. The first-order valence-electron chi connectivity index (χ1n) is 6.50. The Morgan fingerprint density at radius 3 is 2.89 bits per heavy atom. The van der Waals surface area contributed by atoms with Crippen LogP contribution in [0.3, 0.4) is 0 Å². The fourth-order valence-electron chi connectivity index (χ4n) is 2.77. The molecule has 0 radical (unpaired) electrons. The van der Waals surface area contributed by atoms with E-state index in [-0.39, 0.29) is 11.9 Å². The van der Waals surface area contributed by atoms with Gasteiger partial charge in [-0.2, -0.15) is 0 Å². The van der Waals surface area contributed by atoms with E-state index >= 15 is 0 Å². The normalized spacial score (nSPS) is 23.0. The summed E-state index contributed by atoms with van der Waals surface area (Å²) in [5, 5.41) is 0.438. The summed E-state index contributed by atoms with van der Waals surface area (Å²) in [5.41, 5.74) is 6.76. The Morgan fingerprint density at radius 2 is 2.28 bits per heavy atom. The van der Waals surface area contributed by atoms with Crippen molar-refractivity contribution in [3.8, 4) is 0 Å². The third-order valence-corrected chi connectivity index (χ3v) is 3.84. The minimum atomic E-state index is -0.291. The zero-order valence-corrected chi connectivity index (χ0v) is 11.5. The maximum atomic E-state index is 13.4. The quantitative estimate of drug-likeness (QED) is 0.914. The van der Waals surface area contributed by atoms with Gasteiger partial charge in [0.15, 0.2) is 0 Å². The summed E-state index contributed by atoms with van der Waals surface area (Å²) in [4.78, 5) is 2.35. The maximum Gasteiger partial charge on any atom is 0.125 e. The summed E-state index contributed by atoms with van der Waals surface area (Å²) in [6.45, 7) is 4.79. The summed E-state index contributed by atoms with van der Waals surface area (Å²) in [6.07, 6.45) is 2.44. The lowest BCUT2D eigenvalue weighted by Gasteiger charge is -2.37. The van der Waals surface area contributed by atoms with Gasteiger partial charge in [-0.05, 0) is 49.1 Å². The number of piperidine rings is 1. The molecule has 100 valence electrons. The van der Waals surface area contributed by atoms with Crippen LogP contribution in [0, 0.1) is 11.7 Å². The second kappa shape index (κ2) is 6.00. The van der Waals surface area contributed by atoms with Gasteiger partial charge < -0.3 is 5.73 Å². The average Bonchev–Trinajstić information content (AvgIpc) is 2.28. The average molecular weight is 271 g/mol. The molecule has 2 rings (SSSR count). The molecule has 2 nitrogen and oxygen atoms in total. The molecule has 2 N–H and O–H groups in total. The molecular weight excluding hydrogens is 251 g/mol. The predicted octanol–water partition coefficient (Wildman–Crippen LogP) is 3.21. The van der Waals surface area contributed by atoms with Crippen LogP contribution in [-0.4, -0.2) is 24.5 Å². The Balaban J connectivity index is 2.21. The van der Waals surface area contributed by atoms with Gasteiger partial charge >= 0.3 is 0 Å². The molecule has 2 unspecified atom stereocenters. The molecule has 18 heavy (non-hydrogen) atoms. The van der Waals surface area contributed by atoms with Crippen LogP contribution in [-0.2, 0) is 0 Å². The maximum absolute atomic E-state index is 13.4. The third kappa shape index (κ3) is 3.22. The molecule has 1 aromatic carbocycles. The molecule has 0 aromatic heterocycles. The lowest BCUT2D eigenvalue weighted by atomic mass is 9.96. The first-order valence-corrected chi connectivity index (χ1v) is 6.88. The summed E-state index contributed by atoms with van der Waals surface area (Å²) in [7, 11) is 0. The minimum absolute atomic E-state index is 0.0703. The van der Waals surface area contributed by atoms with Crippen LogP contribution in [0.25, 0.3) is 0 Å². The molecular formula is C14H20ClFN2. The van der Waals surface area contributed by atoms with Crippen molar-refractivity contribution < 1.29 is 4.39 Å². The highest BCUT2D eigenvalue weighted by Crippen LogP contribution is 2.28. The highest BCUT2D eigenvalue weighted by atomic mass is 35.5. The molecule has 4 heteroatoms. The Morgan fingerprint density at radius 1 is 1.50 bits per heavy atom. The van der Waals surface area contributed by atoms with Gasteiger partial charge in [-0.1, -0.05) is 18.5 Å². The van der Waals surface area contributed by atoms with Crippen molar-refractivity contribution in [2.24, 2.45) is 11.7 Å². The molecule has 0 spiro atoms. The van der Waals surface area contributed by atoms with Crippen LogP contribution >= 0.6 is 11.6 Å². The summed E-state index contributed by atoms with van der Waals surface area (Å²) >= 11 is 5.92. The van der Waals surface area contributed by atoms with Crippen molar-refractivity contribution in [2.75, 3.05) is 19.6 Å². The zero-order valence-electron chi connectivity index (χ0n) is 10.7. The molecule has 0 aliphatic carbocycles. The van der Waals surface area contributed by atoms with Gasteiger partial charge in [-0.25, -0.2) is 4.39 Å². The number of hydrogen-bond acceptors (Lipinski definition) is 2. The van der Waals surface area contributed by atoms with Gasteiger partial charge in [0.05, 0.1) is 0 Å². The molecule has 1 saturated heterocycles. The number of nitrogens with two attached hydrogens (primary N) is 1. The lowest BCUT2D eigenvalue weighted by Crippen LogP contribution is -2.40. The van der Waals surface area contributed by atoms with E-state index in [0.717, 1.165) is 18.7 Å². The van der Waals surface area contributed by atoms with Crippen molar-refractivity contribution in [3.05, 3.63) is 34.6 Å². The molecule has 1 heterocycles.